The zero-order valence-corrected chi connectivity index (χ0v) is 11.3. The maximum Gasteiger partial charge on any atom is 0.231 e. The summed E-state index contributed by atoms with van der Waals surface area (Å²) in [6.07, 6.45) is 3.54. The highest BCUT2D eigenvalue weighted by Crippen LogP contribution is 2.32. The SMILES string of the molecule is CNCc1cnccc1OCc1ccc2c(c1)OCO2. The molecule has 5 heteroatoms. The Morgan fingerprint density at radius 1 is 1.25 bits per heavy atom. The van der Waals surface area contributed by atoms with E-state index in [4.69, 9.17) is 14.2 Å². The molecule has 0 atom stereocenters. The second-order valence-corrected chi connectivity index (χ2v) is 4.49. The molecule has 104 valence electrons. The number of nitrogens with zero attached hydrogens (tertiary/aromatic N) is 1. The van der Waals surface area contributed by atoms with Crippen LogP contribution in [-0.4, -0.2) is 18.8 Å². The Bertz CT molecular complexity index is 601. The lowest BCUT2D eigenvalue weighted by Crippen LogP contribution is -2.08. The summed E-state index contributed by atoms with van der Waals surface area (Å²) < 4.78 is 16.5. The number of benzene rings is 1. The lowest BCUT2D eigenvalue weighted by Gasteiger charge is -2.11. The van der Waals surface area contributed by atoms with Crippen LogP contribution in [0.15, 0.2) is 36.7 Å². The summed E-state index contributed by atoms with van der Waals surface area (Å²) in [5.74, 6) is 2.40. The van der Waals surface area contributed by atoms with Gasteiger partial charge in [-0.1, -0.05) is 6.07 Å². The van der Waals surface area contributed by atoms with Gasteiger partial charge in [0.15, 0.2) is 11.5 Å². The van der Waals surface area contributed by atoms with E-state index in [1.54, 1.807) is 6.20 Å². The third-order valence-corrected chi connectivity index (χ3v) is 3.06. The predicted octanol–water partition coefficient (Wildman–Crippen LogP) is 2.11. The maximum atomic E-state index is 5.86. The van der Waals surface area contributed by atoms with Crippen molar-refractivity contribution < 1.29 is 14.2 Å². The van der Waals surface area contributed by atoms with Crippen LogP contribution < -0.4 is 19.5 Å². The van der Waals surface area contributed by atoms with Gasteiger partial charge in [-0.25, -0.2) is 0 Å². The first-order valence-electron chi connectivity index (χ1n) is 6.45. The van der Waals surface area contributed by atoms with Crippen LogP contribution in [0.1, 0.15) is 11.1 Å². The molecule has 1 N–H and O–H groups in total. The van der Waals surface area contributed by atoms with E-state index >= 15 is 0 Å². The van der Waals surface area contributed by atoms with E-state index in [0.717, 1.165) is 34.9 Å². The second kappa shape index (κ2) is 5.79. The molecule has 0 fully saturated rings. The summed E-state index contributed by atoms with van der Waals surface area (Å²) >= 11 is 0. The van der Waals surface area contributed by atoms with E-state index in [2.05, 4.69) is 10.3 Å². The van der Waals surface area contributed by atoms with Gasteiger partial charge >= 0.3 is 0 Å². The van der Waals surface area contributed by atoms with Crippen LogP contribution in [0.4, 0.5) is 0 Å². The van der Waals surface area contributed by atoms with E-state index in [1.807, 2.05) is 37.5 Å². The maximum absolute atomic E-state index is 5.86. The fraction of sp³-hybridized carbons (Fsp3) is 0.267. The van der Waals surface area contributed by atoms with Gasteiger partial charge in [0, 0.05) is 24.5 Å². The van der Waals surface area contributed by atoms with E-state index in [0.29, 0.717) is 6.61 Å². The van der Waals surface area contributed by atoms with Crippen LogP contribution in [0.2, 0.25) is 0 Å². The summed E-state index contributed by atoms with van der Waals surface area (Å²) in [6, 6.07) is 7.70. The zero-order chi connectivity index (χ0) is 13.8. The van der Waals surface area contributed by atoms with Gasteiger partial charge in [-0.3, -0.25) is 4.98 Å². The molecule has 1 aliphatic heterocycles. The van der Waals surface area contributed by atoms with Crippen LogP contribution >= 0.6 is 0 Å². The van der Waals surface area contributed by atoms with Gasteiger partial charge in [-0.2, -0.15) is 0 Å². The molecule has 1 aliphatic rings. The molecule has 0 saturated carbocycles. The van der Waals surface area contributed by atoms with Crippen LogP contribution in [0.3, 0.4) is 0 Å². The molecule has 0 saturated heterocycles. The number of pyridine rings is 1. The highest BCUT2D eigenvalue weighted by atomic mass is 16.7. The molecule has 1 aromatic carbocycles. The van der Waals surface area contributed by atoms with Gasteiger partial charge in [-0.05, 0) is 30.8 Å². The normalized spacial score (nSPS) is 12.4. The molecule has 0 spiro atoms. The fourth-order valence-corrected chi connectivity index (χ4v) is 2.07. The molecule has 5 nitrogen and oxygen atoms in total. The number of rotatable bonds is 5. The first-order valence-corrected chi connectivity index (χ1v) is 6.45. The van der Waals surface area contributed by atoms with Crippen LogP contribution in [0.5, 0.6) is 17.2 Å². The van der Waals surface area contributed by atoms with Gasteiger partial charge in [0.25, 0.3) is 0 Å². The highest BCUT2D eigenvalue weighted by molar-refractivity contribution is 5.44. The Morgan fingerprint density at radius 3 is 3.05 bits per heavy atom. The number of ether oxygens (including phenoxy) is 3. The summed E-state index contributed by atoms with van der Waals surface area (Å²) in [7, 11) is 1.90. The van der Waals surface area contributed by atoms with E-state index in [1.165, 1.54) is 0 Å². The van der Waals surface area contributed by atoms with Gasteiger partial charge < -0.3 is 19.5 Å². The Hall–Kier alpha value is -2.27. The molecule has 0 bridgehead atoms. The fourth-order valence-electron chi connectivity index (χ4n) is 2.07. The van der Waals surface area contributed by atoms with E-state index in [9.17, 15) is 0 Å². The lowest BCUT2D eigenvalue weighted by atomic mass is 10.2. The van der Waals surface area contributed by atoms with Crippen molar-refractivity contribution in [2.75, 3.05) is 13.8 Å². The average molecular weight is 272 g/mol. The molecular weight excluding hydrogens is 256 g/mol. The molecule has 0 aliphatic carbocycles. The minimum absolute atomic E-state index is 0.288. The third-order valence-electron chi connectivity index (χ3n) is 3.06. The number of hydrogen-bond acceptors (Lipinski definition) is 5. The number of aromatic nitrogens is 1. The quantitative estimate of drug-likeness (QED) is 0.903. The predicted molar refractivity (Wildman–Crippen MR) is 73.9 cm³/mol. The van der Waals surface area contributed by atoms with Gasteiger partial charge in [0.05, 0.1) is 0 Å². The van der Waals surface area contributed by atoms with Crippen molar-refractivity contribution in [2.45, 2.75) is 13.2 Å². The third kappa shape index (κ3) is 2.67. The van der Waals surface area contributed by atoms with Crippen molar-refractivity contribution in [3.8, 4) is 17.2 Å². The molecule has 2 heterocycles. The average Bonchev–Trinajstić information content (AvgIpc) is 2.94. The van der Waals surface area contributed by atoms with Crippen molar-refractivity contribution in [1.82, 2.24) is 10.3 Å². The van der Waals surface area contributed by atoms with Crippen molar-refractivity contribution in [2.24, 2.45) is 0 Å². The van der Waals surface area contributed by atoms with Crippen molar-refractivity contribution in [1.29, 1.82) is 0 Å². The molecule has 0 unspecified atom stereocenters. The zero-order valence-electron chi connectivity index (χ0n) is 11.3. The van der Waals surface area contributed by atoms with Crippen molar-refractivity contribution in [3.05, 3.63) is 47.8 Å². The molecular formula is C15H16N2O3. The van der Waals surface area contributed by atoms with E-state index in [-0.39, 0.29) is 6.79 Å². The van der Waals surface area contributed by atoms with Crippen molar-refractivity contribution >= 4 is 0 Å². The summed E-state index contributed by atoms with van der Waals surface area (Å²) in [6.45, 7) is 1.50. The topological polar surface area (TPSA) is 52.6 Å². The molecule has 2 aromatic rings. The largest absolute Gasteiger partial charge is 0.488 e. The Labute approximate surface area is 117 Å². The second-order valence-electron chi connectivity index (χ2n) is 4.49. The molecule has 0 radical (unpaired) electrons. The van der Waals surface area contributed by atoms with Gasteiger partial charge in [0.2, 0.25) is 6.79 Å². The Balaban J connectivity index is 1.70. The minimum Gasteiger partial charge on any atom is -0.488 e. The summed E-state index contributed by atoms with van der Waals surface area (Å²) in [5, 5.41) is 3.10. The number of fused-ring (bicyclic) bond motifs is 1. The van der Waals surface area contributed by atoms with Crippen LogP contribution in [-0.2, 0) is 13.2 Å². The minimum atomic E-state index is 0.288. The smallest absolute Gasteiger partial charge is 0.231 e. The molecule has 20 heavy (non-hydrogen) atoms. The number of hydrogen-bond donors (Lipinski definition) is 1. The Morgan fingerprint density at radius 2 is 2.15 bits per heavy atom. The van der Waals surface area contributed by atoms with Gasteiger partial charge in [0.1, 0.15) is 12.4 Å². The summed E-state index contributed by atoms with van der Waals surface area (Å²) in [5.41, 5.74) is 2.08. The number of nitrogens with one attached hydrogen (secondary N) is 1. The van der Waals surface area contributed by atoms with Crippen molar-refractivity contribution in [3.63, 3.8) is 0 Å². The van der Waals surface area contributed by atoms with Crippen LogP contribution in [0.25, 0.3) is 0 Å². The molecule has 1 aromatic heterocycles. The molecule has 3 rings (SSSR count). The monoisotopic (exact) mass is 272 g/mol. The standard InChI is InChI=1S/C15H16N2O3/c1-16-7-12-8-17-5-4-13(12)18-9-11-2-3-14-15(6-11)20-10-19-14/h2-6,8,16H,7,9-10H2,1H3. The molecule has 0 amide bonds. The Kier molecular flexibility index (Phi) is 3.69. The highest BCUT2D eigenvalue weighted by Gasteiger charge is 2.13. The first kappa shape index (κ1) is 12.7. The van der Waals surface area contributed by atoms with E-state index < -0.39 is 0 Å². The summed E-state index contributed by atoms with van der Waals surface area (Å²) in [4.78, 5) is 4.11. The first-order chi connectivity index (χ1) is 9.86. The van der Waals surface area contributed by atoms with Crippen LogP contribution in [0, 0.1) is 0 Å². The lowest BCUT2D eigenvalue weighted by molar-refractivity contribution is 0.174. The van der Waals surface area contributed by atoms with Gasteiger partial charge in [-0.15, -0.1) is 0 Å².